The number of hydrogen-bond acceptors (Lipinski definition) is 2. The number of fused-ring (bicyclic) bond motifs is 1. The van der Waals surface area contributed by atoms with Crippen molar-refractivity contribution in [3.05, 3.63) is 35.4 Å². The molecule has 3 nitrogen and oxygen atoms in total. The van der Waals surface area contributed by atoms with Crippen molar-refractivity contribution in [2.45, 2.75) is 19.3 Å². The number of benzene rings is 1. The standard InChI is InChI=1S/C12H12O3/c13-11-6-9-4-2-1-3-8(9)5-10(11)7-12(14)15/h1-4,10H,5-7H2,(H,14,15). The number of carboxylic acids is 1. The Morgan fingerprint density at radius 3 is 2.67 bits per heavy atom. The van der Waals surface area contributed by atoms with Crippen molar-refractivity contribution < 1.29 is 14.7 Å². The number of carboxylic acid groups (broad SMARTS) is 1. The molecule has 0 aliphatic heterocycles. The summed E-state index contributed by atoms with van der Waals surface area (Å²) in [4.78, 5) is 22.2. The maximum atomic E-state index is 11.6. The van der Waals surface area contributed by atoms with Gasteiger partial charge in [-0.1, -0.05) is 24.3 Å². The fourth-order valence-corrected chi connectivity index (χ4v) is 2.04. The molecule has 1 aliphatic carbocycles. The molecule has 1 atom stereocenters. The molecule has 3 heteroatoms. The third-order valence-electron chi connectivity index (χ3n) is 2.83. The van der Waals surface area contributed by atoms with Crippen LogP contribution in [0.25, 0.3) is 0 Å². The van der Waals surface area contributed by atoms with E-state index < -0.39 is 5.97 Å². The first kappa shape index (κ1) is 9.90. The van der Waals surface area contributed by atoms with E-state index in [9.17, 15) is 9.59 Å². The molecule has 0 spiro atoms. The van der Waals surface area contributed by atoms with Gasteiger partial charge >= 0.3 is 5.97 Å². The zero-order chi connectivity index (χ0) is 10.8. The summed E-state index contributed by atoms with van der Waals surface area (Å²) < 4.78 is 0. The van der Waals surface area contributed by atoms with Crippen molar-refractivity contribution in [2.24, 2.45) is 5.92 Å². The van der Waals surface area contributed by atoms with Crippen LogP contribution in [0.3, 0.4) is 0 Å². The minimum atomic E-state index is -0.896. The lowest BCUT2D eigenvalue weighted by molar-refractivity contribution is -0.140. The summed E-state index contributed by atoms with van der Waals surface area (Å²) in [5, 5.41) is 8.68. The highest BCUT2D eigenvalue weighted by Crippen LogP contribution is 2.24. The van der Waals surface area contributed by atoms with Crippen LogP contribution >= 0.6 is 0 Å². The molecule has 0 radical (unpaired) electrons. The molecule has 0 amide bonds. The number of carbonyl (C=O) groups is 2. The van der Waals surface area contributed by atoms with Gasteiger partial charge in [0.15, 0.2) is 0 Å². The number of ketones is 1. The highest BCUT2D eigenvalue weighted by Gasteiger charge is 2.27. The van der Waals surface area contributed by atoms with Crippen LogP contribution < -0.4 is 0 Å². The minimum Gasteiger partial charge on any atom is -0.481 e. The second-order valence-electron chi connectivity index (χ2n) is 3.91. The van der Waals surface area contributed by atoms with Crippen LogP contribution in [0.4, 0.5) is 0 Å². The van der Waals surface area contributed by atoms with Gasteiger partial charge in [0, 0.05) is 12.3 Å². The Morgan fingerprint density at radius 1 is 1.33 bits per heavy atom. The van der Waals surface area contributed by atoms with Gasteiger partial charge in [-0.15, -0.1) is 0 Å². The van der Waals surface area contributed by atoms with E-state index in [-0.39, 0.29) is 18.1 Å². The second kappa shape index (κ2) is 3.85. The largest absolute Gasteiger partial charge is 0.481 e. The Morgan fingerprint density at radius 2 is 2.00 bits per heavy atom. The van der Waals surface area contributed by atoms with E-state index in [0.29, 0.717) is 12.8 Å². The Bertz CT molecular complexity index is 409. The monoisotopic (exact) mass is 204 g/mol. The first-order chi connectivity index (χ1) is 7.16. The molecule has 1 N–H and O–H groups in total. The molecule has 15 heavy (non-hydrogen) atoms. The molecule has 78 valence electrons. The lowest BCUT2D eigenvalue weighted by Crippen LogP contribution is -2.27. The number of hydrogen-bond donors (Lipinski definition) is 1. The number of rotatable bonds is 2. The summed E-state index contributed by atoms with van der Waals surface area (Å²) in [6.45, 7) is 0. The van der Waals surface area contributed by atoms with E-state index >= 15 is 0 Å². The molecule has 0 saturated heterocycles. The van der Waals surface area contributed by atoms with E-state index in [1.807, 2.05) is 24.3 Å². The molecule has 0 heterocycles. The molecule has 1 aliphatic rings. The maximum absolute atomic E-state index is 11.6. The Labute approximate surface area is 87.7 Å². The number of aliphatic carboxylic acids is 1. The van der Waals surface area contributed by atoms with Crippen molar-refractivity contribution in [1.82, 2.24) is 0 Å². The lowest BCUT2D eigenvalue weighted by Gasteiger charge is -2.21. The van der Waals surface area contributed by atoms with Crippen molar-refractivity contribution in [3.63, 3.8) is 0 Å². The molecule has 1 aromatic rings. The predicted molar refractivity (Wildman–Crippen MR) is 54.6 cm³/mol. The molecule has 1 aromatic carbocycles. The van der Waals surface area contributed by atoms with Gasteiger partial charge in [-0.2, -0.15) is 0 Å². The van der Waals surface area contributed by atoms with E-state index in [1.54, 1.807) is 0 Å². The van der Waals surface area contributed by atoms with Crippen LogP contribution in [0.15, 0.2) is 24.3 Å². The predicted octanol–water partition coefficient (Wildman–Crippen LogP) is 1.45. The molecule has 1 unspecified atom stereocenters. The van der Waals surface area contributed by atoms with Crippen molar-refractivity contribution in [2.75, 3.05) is 0 Å². The van der Waals surface area contributed by atoms with E-state index in [2.05, 4.69) is 0 Å². The van der Waals surface area contributed by atoms with Crippen LogP contribution in [0, 0.1) is 5.92 Å². The second-order valence-corrected chi connectivity index (χ2v) is 3.91. The van der Waals surface area contributed by atoms with Gasteiger partial charge in [-0.25, -0.2) is 0 Å². The van der Waals surface area contributed by atoms with E-state index in [1.165, 1.54) is 0 Å². The minimum absolute atomic E-state index is 0.0484. The van der Waals surface area contributed by atoms with Crippen molar-refractivity contribution in [3.8, 4) is 0 Å². The van der Waals surface area contributed by atoms with Gasteiger partial charge < -0.3 is 5.11 Å². The summed E-state index contributed by atoms with van der Waals surface area (Å²) in [5.74, 6) is -1.18. The SMILES string of the molecule is O=C(O)CC1Cc2ccccc2CC1=O. The molecule has 2 rings (SSSR count). The zero-order valence-electron chi connectivity index (χ0n) is 8.27. The normalized spacial score (nSPS) is 19.7. The van der Waals surface area contributed by atoms with Gasteiger partial charge in [0.05, 0.1) is 6.42 Å². The third kappa shape index (κ3) is 2.06. The summed E-state index contributed by atoms with van der Waals surface area (Å²) in [6.07, 6.45) is 0.905. The van der Waals surface area contributed by atoms with Crippen LogP contribution in [0.5, 0.6) is 0 Å². The molecular formula is C12H12O3. The van der Waals surface area contributed by atoms with Crippen LogP contribution in [0.1, 0.15) is 17.5 Å². The summed E-state index contributed by atoms with van der Waals surface area (Å²) in [6, 6.07) is 7.73. The topological polar surface area (TPSA) is 54.4 Å². The summed E-state index contributed by atoms with van der Waals surface area (Å²) in [7, 11) is 0. The van der Waals surface area contributed by atoms with Gasteiger partial charge in [0.25, 0.3) is 0 Å². The van der Waals surface area contributed by atoms with Crippen LogP contribution in [0.2, 0.25) is 0 Å². The van der Waals surface area contributed by atoms with Gasteiger partial charge in [-0.3, -0.25) is 9.59 Å². The zero-order valence-corrected chi connectivity index (χ0v) is 8.27. The Hall–Kier alpha value is -1.64. The maximum Gasteiger partial charge on any atom is 0.304 e. The van der Waals surface area contributed by atoms with Crippen LogP contribution in [-0.2, 0) is 22.4 Å². The third-order valence-corrected chi connectivity index (χ3v) is 2.83. The average Bonchev–Trinajstić information content (AvgIpc) is 2.18. The smallest absolute Gasteiger partial charge is 0.304 e. The fourth-order valence-electron chi connectivity index (χ4n) is 2.04. The lowest BCUT2D eigenvalue weighted by atomic mass is 9.81. The Kier molecular flexibility index (Phi) is 2.54. The molecular weight excluding hydrogens is 192 g/mol. The first-order valence-electron chi connectivity index (χ1n) is 4.98. The molecule has 0 fully saturated rings. The molecule has 0 aromatic heterocycles. The quantitative estimate of drug-likeness (QED) is 0.793. The molecule has 0 saturated carbocycles. The van der Waals surface area contributed by atoms with Gasteiger partial charge in [0.1, 0.15) is 5.78 Å². The number of Topliss-reactive ketones (excluding diaryl/α,β-unsaturated/α-hetero) is 1. The summed E-state index contributed by atoms with van der Waals surface area (Å²) >= 11 is 0. The first-order valence-corrected chi connectivity index (χ1v) is 4.98. The Balaban J connectivity index is 2.22. The highest BCUT2D eigenvalue weighted by atomic mass is 16.4. The van der Waals surface area contributed by atoms with E-state index in [0.717, 1.165) is 11.1 Å². The highest BCUT2D eigenvalue weighted by molar-refractivity contribution is 5.88. The summed E-state index contributed by atoms with van der Waals surface area (Å²) in [5.41, 5.74) is 2.16. The van der Waals surface area contributed by atoms with Crippen LogP contribution in [-0.4, -0.2) is 16.9 Å². The van der Waals surface area contributed by atoms with E-state index in [4.69, 9.17) is 5.11 Å². The fraction of sp³-hybridized carbons (Fsp3) is 0.333. The molecule has 0 bridgehead atoms. The van der Waals surface area contributed by atoms with Crippen molar-refractivity contribution >= 4 is 11.8 Å². The number of carbonyl (C=O) groups excluding carboxylic acids is 1. The average molecular weight is 204 g/mol. The van der Waals surface area contributed by atoms with Gasteiger partial charge in [0.2, 0.25) is 0 Å². The van der Waals surface area contributed by atoms with Gasteiger partial charge in [-0.05, 0) is 17.5 Å². The van der Waals surface area contributed by atoms with Crippen molar-refractivity contribution in [1.29, 1.82) is 0 Å².